The van der Waals surface area contributed by atoms with Gasteiger partial charge in [-0.05, 0) is 6.42 Å². The van der Waals surface area contributed by atoms with Crippen molar-refractivity contribution < 1.29 is 9.90 Å². The lowest BCUT2D eigenvalue weighted by atomic mass is 10.2. The first-order valence-electron chi connectivity index (χ1n) is 6.22. The molecule has 0 aliphatic rings. The molecule has 1 N–H and O–H groups in total. The number of hydrogen-bond donors (Lipinski definition) is 1. The van der Waals surface area contributed by atoms with E-state index in [1.165, 1.54) is 11.3 Å². The lowest BCUT2D eigenvalue weighted by Crippen LogP contribution is -1.97. The Bertz CT molecular complexity index is 735. The predicted octanol–water partition coefficient (Wildman–Crippen LogP) is 2.26. The number of fused-ring (bicyclic) bond motifs is 1. The quantitative estimate of drug-likeness (QED) is 0.779. The van der Waals surface area contributed by atoms with E-state index in [1.807, 2.05) is 30.3 Å². The molecule has 3 rings (SSSR count). The Balaban J connectivity index is 1.85. The Morgan fingerprint density at radius 1 is 1.25 bits per heavy atom. The molecule has 1 aromatic carbocycles. The smallest absolute Gasteiger partial charge is 0.303 e. The molecule has 6 nitrogen and oxygen atoms in total. The van der Waals surface area contributed by atoms with Crippen LogP contribution in [0.25, 0.3) is 16.3 Å². The Labute approximate surface area is 118 Å². The molecule has 20 heavy (non-hydrogen) atoms. The van der Waals surface area contributed by atoms with Gasteiger partial charge in [0.1, 0.15) is 5.01 Å². The molecule has 102 valence electrons. The Hall–Kier alpha value is -2.28. The van der Waals surface area contributed by atoms with Gasteiger partial charge in [-0.3, -0.25) is 4.79 Å². The summed E-state index contributed by atoms with van der Waals surface area (Å²) in [6, 6.07) is 9.74. The topological polar surface area (TPSA) is 80.4 Å². The Kier molecular flexibility index (Phi) is 3.42. The lowest BCUT2D eigenvalue weighted by molar-refractivity contribution is -0.137. The van der Waals surface area contributed by atoms with Gasteiger partial charge in [0.15, 0.2) is 5.82 Å². The third-order valence-corrected chi connectivity index (χ3v) is 3.80. The summed E-state index contributed by atoms with van der Waals surface area (Å²) in [4.78, 5) is 11.2. The van der Waals surface area contributed by atoms with Crippen molar-refractivity contribution in [3.8, 4) is 11.4 Å². The third-order valence-electron chi connectivity index (χ3n) is 2.85. The highest BCUT2D eigenvalue weighted by atomic mass is 32.1. The molecule has 0 atom stereocenters. The maximum Gasteiger partial charge on any atom is 0.303 e. The first kappa shape index (κ1) is 12.7. The van der Waals surface area contributed by atoms with Gasteiger partial charge in [-0.15, -0.1) is 10.2 Å². The summed E-state index contributed by atoms with van der Waals surface area (Å²) in [6.07, 6.45) is 1.39. The van der Waals surface area contributed by atoms with Crippen LogP contribution >= 0.6 is 11.3 Å². The summed E-state index contributed by atoms with van der Waals surface area (Å²) in [5, 5.41) is 22.2. The molecule has 2 heterocycles. The summed E-state index contributed by atoms with van der Waals surface area (Å²) < 4.78 is 1.72. The zero-order valence-corrected chi connectivity index (χ0v) is 11.4. The molecule has 0 saturated heterocycles. The van der Waals surface area contributed by atoms with E-state index in [2.05, 4.69) is 15.3 Å². The average molecular weight is 288 g/mol. The van der Waals surface area contributed by atoms with E-state index in [0.717, 1.165) is 15.5 Å². The molecule has 2 aromatic heterocycles. The highest BCUT2D eigenvalue weighted by Crippen LogP contribution is 2.22. The number of carbonyl (C=O) groups is 1. The van der Waals surface area contributed by atoms with E-state index in [4.69, 9.17) is 5.11 Å². The summed E-state index contributed by atoms with van der Waals surface area (Å²) in [7, 11) is 0. The van der Waals surface area contributed by atoms with Crippen molar-refractivity contribution in [3.05, 3.63) is 35.3 Å². The van der Waals surface area contributed by atoms with E-state index in [1.54, 1.807) is 4.52 Å². The molecule has 3 aromatic rings. The molecule has 0 fully saturated rings. The molecule has 0 aliphatic heterocycles. The Morgan fingerprint density at radius 3 is 2.80 bits per heavy atom. The van der Waals surface area contributed by atoms with Gasteiger partial charge in [0, 0.05) is 18.4 Å². The summed E-state index contributed by atoms with van der Waals surface area (Å²) >= 11 is 1.45. The van der Waals surface area contributed by atoms with E-state index in [-0.39, 0.29) is 6.42 Å². The summed E-state index contributed by atoms with van der Waals surface area (Å²) in [5.41, 5.74) is 0.961. The number of benzene rings is 1. The highest BCUT2D eigenvalue weighted by Gasteiger charge is 2.13. The number of carboxylic acid groups (broad SMARTS) is 1. The number of aliphatic carboxylic acids is 1. The third kappa shape index (κ3) is 2.53. The fraction of sp³-hybridized carbons (Fsp3) is 0.231. The summed E-state index contributed by atoms with van der Waals surface area (Å²) in [5.74, 6) is -0.0701. The largest absolute Gasteiger partial charge is 0.481 e. The van der Waals surface area contributed by atoms with E-state index in [9.17, 15) is 4.79 Å². The van der Waals surface area contributed by atoms with Crippen LogP contribution in [0.15, 0.2) is 30.3 Å². The number of hydrogen-bond acceptors (Lipinski definition) is 5. The zero-order chi connectivity index (χ0) is 13.9. The second-order valence-corrected chi connectivity index (χ2v) is 5.37. The van der Waals surface area contributed by atoms with Crippen LogP contribution in [-0.4, -0.2) is 30.9 Å². The van der Waals surface area contributed by atoms with Gasteiger partial charge in [0.2, 0.25) is 4.96 Å². The zero-order valence-electron chi connectivity index (χ0n) is 10.6. The fourth-order valence-electron chi connectivity index (χ4n) is 1.92. The average Bonchev–Trinajstić information content (AvgIpc) is 2.99. The minimum Gasteiger partial charge on any atom is -0.481 e. The molecule has 7 heteroatoms. The molecule has 0 unspecified atom stereocenters. The van der Waals surface area contributed by atoms with Crippen LogP contribution < -0.4 is 0 Å². The van der Waals surface area contributed by atoms with E-state index in [0.29, 0.717) is 18.7 Å². The van der Waals surface area contributed by atoms with Crippen LogP contribution in [0.5, 0.6) is 0 Å². The van der Waals surface area contributed by atoms with Crippen molar-refractivity contribution in [2.45, 2.75) is 19.3 Å². The van der Waals surface area contributed by atoms with E-state index < -0.39 is 5.97 Å². The normalized spacial score (nSPS) is 11.0. The number of aryl methyl sites for hydroxylation is 1. The van der Waals surface area contributed by atoms with Gasteiger partial charge in [-0.2, -0.15) is 9.61 Å². The van der Waals surface area contributed by atoms with Gasteiger partial charge in [0.25, 0.3) is 0 Å². The fourth-order valence-corrected chi connectivity index (χ4v) is 2.79. The minimum absolute atomic E-state index is 0.158. The van der Waals surface area contributed by atoms with Crippen LogP contribution in [0.2, 0.25) is 0 Å². The highest BCUT2D eigenvalue weighted by molar-refractivity contribution is 7.16. The SMILES string of the molecule is O=C(O)CCCc1nn2c(-c3ccccc3)nnc2s1. The van der Waals surface area contributed by atoms with Crippen LogP contribution in [0.1, 0.15) is 17.8 Å². The first-order chi connectivity index (χ1) is 9.74. The summed E-state index contributed by atoms with van der Waals surface area (Å²) in [6.45, 7) is 0. The molecular weight excluding hydrogens is 276 g/mol. The number of carboxylic acids is 1. The predicted molar refractivity (Wildman–Crippen MR) is 74.7 cm³/mol. The standard InChI is InChI=1S/C13H12N4O2S/c18-11(19)8-4-7-10-16-17-12(14-15-13(17)20-10)9-5-2-1-3-6-9/h1-3,5-6H,4,7-8H2,(H,18,19). The molecule has 0 bridgehead atoms. The molecule has 0 aliphatic carbocycles. The van der Waals surface area contributed by atoms with Crippen molar-refractivity contribution in [3.63, 3.8) is 0 Å². The number of rotatable bonds is 5. The van der Waals surface area contributed by atoms with Crippen molar-refractivity contribution in [2.24, 2.45) is 0 Å². The lowest BCUT2D eigenvalue weighted by Gasteiger charge is -1.95. The molecular formula is C13H12N4O2S. The van der Waals surface area contributed by atoms with Crippen molar-refractivity contribution >= 4 is 22.3 Å². The van der Waals surface area contributed by atoms with Gasteiger partial charge in [-0.1, -0.05) is 41.7 Å². The second kappa shape index (κ2) is 5.38. The first-order valence-corrected chi connectivity index (χ1v) is 7.04. The van der Waals surface area contributed by atoms with Gasteiger partial charge < -0.3 is 5.11 Å². The van der Waals surface area contributed by atoms with Crippen molar-refractivity contribution in [1.82, 2.24) is 19.8 Å². The molecule has 0 radical (unpaired) electrons. The van der Waals surface area contributed by atoms with Gasteiger partial charge in [0.05, 0.1) is 0 Å². The van der Waals surface area contributed by atoms with Gasteiger partial charge >= 0.3 is 5.97 Å². The molecule has 0 saturated carbocycles. The maximum atomic E-state index is 10.5. The monoisotopic (exact) mass is 288 g/mol. The van der Waals surface area contributed by atoms with Crippen LogP contribution in [0.3, 0.4) is 0 Å². The van der Waals surface area contributed by atoms with Crippen LogP contribution in [0.4, 0.5) is 0 Å². The van der Waals surface area contributed by atoms with Crippen molar-refractivity contribution in [2.75, 3.05) is 0 Å². The molecule has 0 spiro atoms. The second-order valence-electron chi connectivity index (χ2n) is 4.33. The Morgan fingerprint density at radius 2 is 2.05 bits per heavy atom. The van der Waals surface area contributed by atoms with Gasteiger partial charge in [-0.25, -0.2) is 0 Å². The van der Waals surface area contributed by atoms with Crippen LogP contribution in [-0.2, 0) is 11.2 Å². The van der Waals surface area contributed by atoms with Crippen LogP contribution in [0, 0.1) is 0 Å². The van der Waals surface area contributed by atoms with Crippen molar-refractivity contribution in [1.29, 1.82) is 0 Å². The number of nitrogens with zero attached hydrogens (tertiary/aromatic N) is 4. The van der Waals surface area contributed by atoms with E-state index >= 15 is 0 Å². The molecule has 0 amide bonds. The maximum absolute atomic E-state index is 10.5. The number of aromatic nitrogens is 4. The minimum atomic E-state index is -0.780.